The molecule has 3 aromatic rings. The zero-order valence-electron chi connectivity index (χ0n) is 16.3. The quantitative estimate of drug-likeness (QED) is 0.670. The molecule has 2 heterocycles. The maximum absolute atomic E-state index is 9.43. The highest BCUT2D eigenvalue weighted by Crippen LogP contribution is 2.23. The van der Waals surface area contributed by atoms with E-state index in [2.05, 4.69) is 52.0 Å². The predicted molar refractivity (Wildman–Crippen MR) is 110 cm³/mol. The SMILES string of the molecule is CCN(Cc1coc(-c2ccc(O)cc2)n1)C1CCN(Cc2ccccc2)C1. The molecule has 0 aliphatic carbocycles. The Morgan fingerprint density at radius 3 is 2.68 bits per heavy atom. The molecule has 1 saturated heterocycles. The first kappa shape index (κ1) is 18.7. The van der Waals surface area contributed by atoms with Gasteiger partial charge in [0.25, 0.3) is 0 Å². The van der Waals surface area contributed by atoms with Crippen molar-refractivity contribution in [3.63, 3.8) is 0 Å². The Balaban J connectivity index is 1.36. The number of aromatic hydroxyl groups is 1. The summed E-state index contributed by atoms with van der Waals surface area (Å²) >= 11 is 0. The first-order valence-electron chi connectivity index (χ1n) is 9.95. The first-order chi connectivity index (χ1) is 13.7. The fraction of sp³-hybridized carbons (Fsp3) is 0.348. The summed E-state index contributed by atoms with van der Waals surface area (Å²) in [6.07, 6.45) is 2.94. The third kappa shape index (κ3) is 4.43. The van der Waals surface area contributed by atoms with E-state index in [9.17, 15) is 5.11 Å². The first-order valence-corrected chi connectivity index (χ1v) is 9.95. The number of phenolic OH excluding ortho intramolecular Hbond substituents is 1. The van der Waals surface area contributed by atoms with Crippen LogP contribution in [0.1, 0.15) is 24.6 Å². The van der Waals surface area contributed by atoms with E-state index in [1.165, 1.54) is 12.0 Å². The lowest BCUT2D eigenvalue weighted by molar-refractivity contribution is 0.190. The molecule has 1 aliphatic heterocycles. The normalized spacial score (nSPS) is 17.4. The van der Waals surface area contributed by atoms with E-state index in [1.807, 2.05) is 12.1 Å². The van der Waals surface area contributed by atoms with Crippen LogP contribution in [0.2, 0.25) is 0 Å². The Bertz CT molecular complexity index is 876. The highest BCUT2D eigenvalue weighted by molar-refractivity contribution is 5.54. The van der Waals surface area contributed by atoms with E-state index < -0.39 is 0 Å². The summed E-state index contributed by atoms with van der Waals surface area (Å²) in [7, 11) is 0. The summed E-state index contributed by atoms with van der Waals surface area (Å²) in [6, 6.07) is 18.2. The smallest absolute Gasteiger partial charge is 0.226 e. The zero-order chi connectivity index (χ0) is 19.3. The summed E-state index contributed by atoms with van der Waals surface area (Å²) in [4.78, 5) is 9.68. The molecule has 0 saturated carbocycles. The largest absolute Gasteiger partial charge is 0.508 e. The van der Waals surface area contributed by atoms with Crippen molar-refractivity contribution >= 4 is 0 Å². The van der Waals surface area contributed by atoms with Crippen LogP contribution in [0.4, 0.5) is 0 Å². The molecule has 4 rings (SSSR count). The van der Waals surface area contributed by atoms with E-state index in [1.54, 1.807) is 18.4 Å². The monoisotopic (exact) mass is 377 g/mol. The number of likely N-dealkylation sites (N-methyl/N-ethyl adjacent to an activating group) is 1. The Labute approximate surface area is 166 Å². The van der Waals surface area contributed by atoms with E-state index in [-0.39, 0.29) is 5.75 Å². The van der Waals surface area contributed by atoms with Gasteiger partial charge in [-0.2, -0.15) is 0 Å². The van der Waals surface area contributed by atoms with Crippen molar-refractivity contribution in [1.82, 2.24) is 14.8 Å². The molecule has 0 amide bonds. The van der Waals surface area contributed by atoms with E-state index in [0.29, 0.717) is 11.9 Å². The lowest BCUT2D eigenvalue weighted by atomic mass is 10.2. The molecule has 1 aliphatic rings. The van der Waals surface area contributed by atoms with Crippen molar-refractivity contribution in [2.24, 2.45) is 0 Å². The molecule has 28 heavy (non-hydrogen) atoms. The zero-order valence-corrected chi connectivity index (χ0v) is 16.3. The summed E-state index contributed by atoms with van der Waals surface area (Å²) in [5, 5.41) is 9.43. The van der Waals surface area contributed by atoms with Gasteiger partial charge in [-0.05, 0) is 42.8 Å². The number of likely N-dealkylation sites (tertiary alicyclic amines) is 1. The van der Waals surface area contributed by atoms with Crippen molar-refractivity contribution in [1.29, 1.82) is 0 Å². The maximum Gasteiger partial charge on any atom is 0.226 e. The van der Waals surface area contributed by atoms with Gasteiger partial charge >= 0.3 is 0 Å². The van der Waals surface area contributed by atoms with Gasteiger partial charge in [0.1, 0.15) is 12.0 Å². The van der Waals surface area contributed by atoms with Crippen molar-refractivity contribution in [2.45, 2.75) is 32.5 Å². The third-order valence-corrected chi connectivity index (χ3v) is 5.45. The van der Waals surface area contributed by atoms with Gasteiger partial charge in [0.2, 0.25) is 5.89 Å². The van der Waals surface area contributed by atoms with Crippen LogP contribution in [0.25, 0.3) is 11.5 Å². The van der Waals surface area contributed by atoms with Gasteiger partial charge in [0.15, 0.2) is 0 Å². The highest BCUT2D eigenvalue weighted by Gasteiger charge is 2.27. The summed E-state index contributed by atoms with van der Waals surface area (Å²) in [5.74, 6) is 0.845. The van der Waals surface area contributed by atoms with Crippen LogP contribution in [-0.2, 0) is 13.1 Å². The lowest BCUT2D eigenvalue weighted by Crippen LogP contribution is -2.37. The second kappa shape index (κ2) is 8.59. The number of hydrogen-bond acceptors (Lipinski definition) is 5. The number of aromatic nitrogens is 1. The minimum Gasteiger partial charge on any atom is -0.508 e. The van der Waals surface area contributed by atoms with Gasteiger partial charge in [0, 0.05) is 37.8 Å². The lowest BCUT2D eigenvalue weighted by Gasteiger charge is -2.27. The molecule has 1 aromatic heterocycles. The van der Waals surface area contributed by atoms with Crippen LogP contribution in [0, 0.1) is 0 Å². The topological polar surface area (TPSA) is 52.7 Å². The molecule has 1 N–H and O–H groups in total. The predicted octanol–water partition coefficient (Wildman–Crippen LogP) is 4.14. The van der Waals surface area contributed by atoms with E-state index in [0.717, 1.165) is 44.0 Å². The number of hydrogen-bond donors (Lipinski definition) is 1. The standard InChI is InChI=1S/C23H27N3O2/c1-2-26(21-12-13-25(16-21)14-18-6-4-3-5-7-18)15-20-17-28-23(24-20)19-8-10-22(27)11-9-19/h3-11,17,21,27H,2,12-16H2,1H3. The molecule has 1 atom stereocenters. The van der Waals surface area contributed by atoms with Crippen LogP contribution < -0.4 is 0 Å². The van der Waals surface area contributed by atoms with Gasteiger partial charge in [0.05, 0.1) is 5.69 Å². The maximum atomic E-state index is 9.43. The molecule has 0 radical (unpaired) electrons. The third-order valence-electron chi connectivity index (χ3n) is 5.45. The Morgan fingerprint density at radius 2 is 1.93 bits per heavy atom. The minimum absolute atomic E-state index is 0.244. The molecule has 1 unspecified atom stereocenters. The molecule has 0 spiro atoms. The Kier molecular flexibility index (Phi) is 5.74. The molecular formula is C23H27N3O2. The number of oxazole rings is 1. The van der Waals surface area contributed by atoms with E-state index >= 15 is 0 Å². The summed E-state index contributed by atoms with van der Waals surface area (Å²) < 4.78 is 5.67. The van der Waals surface area contributed by atoms with Crippen molar-refractivity contribution < 1.29 is 9.52 Å². The Hall–Kier alpha value is -2.63. The molecule has 146 valence electrons. The number of phenols is 1. The second-order valence-corrected chi connectivity index (χ2v) is 7.42. The second-order valence-electron chi connectivity index (χ2n) is 7.42. The van der Waals surface area contributed by atoms with Crippen LogP contribution in [0.5, 0.6) is 5.75 Å². The van der Waals surface area contributed by atoms with Crippen LogP contribution in [0.3, 0.4) is 0 Å². The van der Waals surface area contributed by atoms with Crippen LogP contribution >= 0.6 is 0 Å². The molecule has 5 nitrogen and oxygen atoms in total. The fourth-order valence-corrected chi connectivity index (χ4v) is 3.92. The molecule has 1 fully saturated rings. The van der Waals surface area contributed by atoms with Crippen molar-refractivity contribution in [3.8, 4) is 17.2 Å². The number of rotatable bonds is 7. The average molecular weight is 377 g/mol. The fourth-order valence-electron chi connectivity index (χ4n) is 3.92. The van der Waals surface area contributed by atoms with Crippen LogP contribution in [-0.4, -0.2) is 45.6 Å². The van der Waals surface area contributed by atoms with Crippen molar-refractivity contribution in [3.05, 3.63) is 72.1 Å². The van der Waals surface area contributed by atoms with Gasteiger partial charge in [-0.3, -0.25) is 9.80 Å². The highest BCUT2D eigenvalue weighted by atomic mass is 16.3. The van der Waals surface area contributed by atoms with Gasteiger partial charge < -0.3 is 9.52 Å². The average Bonchev–Trinajstić information content (AvgIpc) is 3.37. The molecule has 2 aromatic carbocycles. The molecule has 5 heteroatoms. The van der Waals surface area contributed by atoms with Gasteiger partial charge in [-0.25, -0.2) is 4.98 Å². The van der Waals surface area contributed by atoms with E-state index in [4.69, 9.17) is 4.42 Å². The summed E-state index contributed by atoms with van der Waals surface area (Å²) in [5.41, 5.74) is 3.20. The Morgan fingerprint density at radius 1 is 1.14 bits per heavy atom. The number of benzene rings is 2. The minimum atomic E-state index is 0.244. The number of nitrogens with zero attached hydrogens (tertiary/aromatic N) is 3. The van der Waals surface area contributed by atoms with Gasteiger partial charge in [-0.15, -0.1) is 0 Å². The van der Waals surface area contributed by atoms with Crippen LogP contribution in [0.15, 0.2) is 65.3 Å². The molecule has 0 bridgehead atoms. The van der Waals surface area contributed by atoms with Gasteiger partial charge in [-0.1, -0.05) is 37.3 Å². The molecular weight excluding hydrogens is 350 g/mol. The summed E-state index contributed by atoms with van der Waals surface area (Å²) in [6.45, 7) is 7.23. The van der Waals surface area contributed by atoms with Crippen molar-refractivity contribution in [2.75, 3.05) is 19.6 Å².